The van der Waals surface area contributed by atoms with Crippen molar-refractivity contribution in [3.05, 3.63) is 35.4 Å². The standard InChI is InChI=1S/C16H12F11NO/c1-11(29-2,10-6-4-3-5-9(10)7-28)8-12(17,18)13(19,20)14(21,22)15(23,24)16(25,26)27/h3-6H,8H2,1-2H3. The maximum Gasteiger partial charge on any atom is 0.460 e. The fourth-order valence-electron chi connectivity index (χ4n) is 2.46. The summed E-state index contributed by atoms with van der Waals surface area (Å²) in [6, 6.07) is 5.87. The van der Waals surface area contributed by atoms with Crippen LogP contribution in [0.2, 0.25) is 0 Å². The van der Waals surface area contributed by atoms with Crippen LogP contribution in [0, 0.1) is 11.3 Å². The Bertz CT molecular complexity index is 782. The van der Waals surface area contributed by atoms with Gasteiger partial charge in [-0.05, 0) is 13.0 Å². The van der Waals surface area contributed by atoms with Gasteiger partial charge in [0.15, 0.2) is 0 Å². The SMILES string of the molecule is COC(C)(CC(F)(F)C(F)(F)C(F)(F)C(F)(F)C(F)(F)F)c1ccccc1C#N. The first-order valence-corrected chi connectivity index (χ1v) is 7.45. The summed E-state index contributed by atoms with van der Waals surface area (Å²) in [5, 5.41) is 8.98. The Labute approximate surface area is 156 Å². The second kappa shape index (κ2) is 7.30. The number of nitriles is 1. The predicted molar refractivity (Wildman–Crippen MR) is 76.0 cm³/mol. The average molecular weight is 443 g/mol. The lowest BCUT2D eigenvalue weighted by molar-refractivity contribution is -0.424. The molecule has 0 heterocycles. The molecule has 2 nitrogen and oxygen atoms in total. The molecule has 29 heavy (non-hydrogen) atoms. The van der Waals surface area contributed by atoms with Crippen LogP contribution < -0.4 is 0 Å². The molecule has 1 unspecified atom stereocenters. The zero-order valence-corrected chi connectivity index (χ0v) is 14.5. The molecule has 1 aromatic rings. The third kappa shape index (κ3) is 3.86. The summed E-state index contributed by atoms with van der Waals surface area (Å²) in [6.45, 7) is 0.660. The van der Waals surface area contributed by atoms with Crippen molar-refractivity contribution in [1.82, 2.24) is 0 Å². The molecule has 0 amide bonds. The van der Waals surface area contributed by atoms with Crippen molar-refractivity contribution < 1.29 is 53.0 Å². The number of hydrogen-bond donors (Lipinski definition) is 0. The molecule has 0 bridgehead atoms. The summed E-state index contributed by atoms with van der Waals surface area (Å²) in [5.74, 6) is -28.2. The molecule has 0 aliphatic carbocycles. The molecule has 0 radical (unpaired) electrons. The molecule has 0 aliphatic heterocycles. The lowest BCUT2D eigenvalue weighted by Gasteiger charge is -2.40. The highest BCUT2D eigenvalue weighted by Crippen LogP contribution is 2.59. The van der Waals surface area contributed by atoms with Gasteiger partial charge in [-0.2, -0.15) is 53.6 Å². The summed E-state index contributed by atoms with van der Waals surface area (Å²) in [5.41, 5.74) is -3.52. The van der Waals surface area contributed by atoms with Gasteiger partial charge in [-0.1, -0.05) is 18.2 Å². The first-order chi connectivity index (χ1) is 12.8. The third-order valence-electron chi connectivity index (χ3n) is 4.23. The summed E-state index contributed by atoms with van der Waals surface area (Å²) in [7, 11) is 0.671. The minimum Gasteiger partial charge on any atom is -0.374 e. The quantitative estimate of drug-likeness (QED) is 0.491. The van der Waals surface area contributed by atoms with Gasteiger partial charge in [-0.25, -0.2) is 0 Å². The number of ether oxygens (including phenoxy) is 1. The van der Waals surface area contributed by atoms with Gasteiger partial charge in [-0.3, -0.25) is 0 Å². The fraction of sp³-hybridized carbons (Fsp3) is 0.562. The fourth-order valence-corrected chi connectivity index (χ4v) is 2.46. The first-order valence-electron chi connectivity index (χ1n) is 7.45. The molecule has 1 atom stereocenters. The van der Waals surface area contributed by atoms with Crippen LogP contribution in [0.1, 0.15) is 24.5 Å². The van der Waals surface area contributed by atoms with Gasteiger partial charge in [0.05, 0.1) is 23.7 Å². The van der Waals surface area contributed by atoms with Crippen LogP contribution in [0.15, 0.2) is 24.3 Å². The van der Waals surface area contributed by atoms with E-state index >= 15 is 0 Å². The van der Waals surface area contributed by atoms with Crippen molar-refractivity contribution in [3.63, 3.8) is 0 Å². The summed E-state index contributed by atoms with van der Waals surface area (Å²) in [6.07, 6.45) is -9.67. The van der Waals surface area contributed by atoms with Crippen LogP contribution in [0.4, 0.5) is 48.3 Å². The maximum atomic E-state index is 14.1. The summed E-state index contributed by atoms with van der Waals surface area (Å²) in [4.78, 5) is 0. The normalized spacial score (nSPS) is 16.3. The van der Waals surface area contributed by atoms with E-state index in [-0.39, 0.29) is 0 Å². The molecule has 1 rings (SSSR count). The number of rotatable bonds is 7. The average Bonchev–Trinajstić information content (AvgIpc) is 2.59. The van der Waals surface area contributed by atoms with Gasteiger partial charge in [0.1, 0.15) is 0 Å². The van der Waals surface area contributed by atoms with Gasteiger partial charge in [-0.15, -0.1) is 0 Å². The molecule has 1 aromatic carbocycles. The topological polar surface area (TPSA) is 33.0 Å². The second-order valence-corrected chi connectivity index (χ2v) is 6.19. The van der Waals surface area contributed by atoms with E-state index in [4.69, 9.17) is 5.26 Å². The molecule has 0 saturated carbocycles. The lowest BCUT2D eigenvalue weighted by Crippen LogP contribution is -2.67. The van der Waals surface area contributed by atoms with E-state index in [1.165, 1.54) is 12.1 Å². The van der Waals surface area contributed by atoms with Crippen molar-refractivity contribution in [1.29, 1.82) is 5.26 Å². The van der Waals surface area contributed by atoms with E-state index in [2.05, 4.69) is 4.74 Å². The third-order valence-corrected chi connectivity index (χ3v) is 4.23. The molecule has 0 saturated heterocycles. The Balaban J connectivity index is 3.51. The Kier molecular flexibility index (Phi) is 6.28. The number of methoxy groups -OCH3 is 1. The summed E-state index contributed by atoms with van der Waals surface area (Å²) >= 11 is 0. The van der Waals surface area contributed by atoms with E-state index in [1.807, 2.05) is 0 Å². The molecular weight excluding hydrogens is 431 g/mol. The molecule has 0 aromatic heterocycles. The van der Waals surface area contributed by atoms with E-state index in [1.54, 1.807) is 0 Å². The molecule has 0 N–H and O–H groups in total. The van der Waals surface area contributed by atoms with E-state index in [0.717, 1.165) is 18.2 Å². The zero-order valence-electron chi connectivity index (χ0n) is 14.5. The number of benzene rings is 1. The van der Waals surface area contributed by atoms with Gasteiger partial charge in [0.2, 0.25) is 0 Å². The number of hydrogen-bond acceptors (Lipinski definition) is 2. The lowest BCUT2D eigenvalue weighted by atomic mass is 9.83. The Morgan fingerprint density at radius 3 is 1.72 bits per heavy atom. The van der Waals surface area contributed by atoms with Gasteiger partial charge in [0.25, 0.3) is 0 Å². The van der Waals surface area contributed by atoms with Gasteiger partial charge < -0.3 is 4.74 Å². The van der Waals surface area contributed by atoms with Crippen LogP contribution in [0.5, 0.6) is 0 Å². The van der Waals surface area contributed by atoms with Crippen LogP contribution in [0.3, 0.4) is 0 Å². The molecule has 164 valence electrons. The minimum atomic E-state index is -7.49. The van der Waals surface area contributed by atoms with Crippen LogP contribution in [0.25, 0.3) is 0 Å². The van der Waals surface area contributed by atoms with Gasteiger partial charge in [0, 0.05) is 12.7 Å². The van der Waals surface area contributed by atoms with Crippen molar-refractivity contribution in [2.24, 2.45) is 0 Å². The highest BCUT2D eigenvalue weighted by molar-refractivity contribution is 5.41. The van der Waals surface area contributed by atoms with Crippen molar-refractivity contribution in [2.75, 3.05) is 7.11 Å². The van der Waals surface area contributed by atoms with Crippen LogP contribution >= 0.6 is 0 Å². The Morgan fingerprint density at radius 1 is 0.828 bits per heavy atom. The van der Waals surface area contributed by atoms with Crippen molar-refractivity contribution >= 4 is 0 Å². The number of halogens is 11. The molecule has 13 heteroatoms. The van der Waals surface area contributed by atoms with Crippen LogP contribution in [-0.4, -0.2) is 37.0 Å². The Hall–Kier alpha value is -2.10. The predicted octanol–water partition coefficient (Wildman–Crippen LogP) is 5.91. The Morgan fingerprint density at radius 2 is 1.31 bits per heavy atom. The summed E-state index contributed by atoms with van der Waals surface area (Å²) < 4.78 is 150. The number of nitrogens with zero attached hydrogens (tertiary/aromatic N) is 1. The highest BCUT2D eigenvalue weighted by atomic mass is 19.4. The van der Waals surface area contributed by atoms with Crippen LogP contribution in [-0.2, 0) is 10.3 Å². The van der Waals surface area contributed by atoms with E-state index in [9.17, 15) is 48.3 Å². The molecule has 0 fully saturated rings. The van der Waals surface area contributed by atoms with E-state index < -0.39 is 53.0 Å². The molecular formula is C16H12F11NO. The number of alkyl halides is 11. The monoisotopic (exact) mass is 443 g/mol. The van der Waals surface area contributed by atoms with Gasteiger partial charge >= 0.3 is 29.9 Å². The highest BCUT2D eigenvalue weighted by Gasteiger charge is 2.87. The molecule has 0 aliphatic rings. The second-order valence-electron chi connectivity index (χ2n) is 6.19. The smallest absolute Gasteiger partial charge is 0.374 e. The van der Waals surface area contributed by atoms with Crippen molar-refractivity contribution in [3.8, 4) is 6.07 Å². The maximum absolute atomic E-state index is 14.1. The zero-order chi connectivity index (χ0) is 23.1. The first kappa shape index (κ1) is 24.9. The molecule has 0 spiro atoms. The minimum absolute atomic E-state index is 0.400. The largest absolute Gasteiger partial charge is 0.460 e. The van der Waals surface area contributed by atoms with Crippen molar-refractivity contribution in [2.45, 2.75) is 48.8 Å². The van der Waals surface area contributed by atoms with E-state index in [0.29, 0.717) is 14.0 Å².